The van der Waals surface area contributed by atoms with Crippen molar-refractivity contribution in [2.75, 3.05) is 0 Å². The zero-order valence-electron chi connectivity index (χ0n) is 11.1. The van der Waals surface area contributed by atoms with E-state index in [0.29, 0.717) is 26.9 Å². The molecule has 0 aliphatic rings. The Morgan fingerprint density at radius 3 is 2.27 bits per heavy atom. The van der Waals surface area contributed by atoms with Crippen molar-refractivity contribution >= 4 is 16.3 Å². The summed E-state index contributed by atoms with van der Waals surface area (Å²) in [5, 5.41) is 13.1. The van der Waals surface area contributed by atoms with Gasteiger partial charge in [0.2, 0.25) is 4.96 Å². The van der Waals surface area contributed by atoms with Crippen LogP contribution in [-0.4, -0.2) is 19.8 Å². The fraction of sp³-hybridized carbons (Fsp3) is 0. The third-order valence-corrected chi connectivity index (χ3v) is 4.09. The summed E-state index contributed by atoms with van der Waals surface area (Å²) in [6, 6.07) is 12.3. The summed E-state index contributed by atoms with van der Waals surface area (Å²) < 4.78 is 28.2. The summed E-state index contributed by atoms with van der Waals surface area (Å²) >= 11 is 1.30. The van der Waals surface area contributed by atoms with Crippen LogP contribution in [0.2, 0.25) is 0 Å². The monoisotopic (exact) mass is 314 g/mol. The minimum absolute atomic E-state index is 0.325. The summed E-state index contributed by atoms with van der Waals surface area (Å²) in [5.74, 6) is -0.225. The molecule has 0 amide bonds. The molecule has 0 N–H and O–H groups in total. The van der Waals surface area contributed by atoms with Crippen molar-refractivity contribution < 1.29 is 8.78 Å². The number of hydrogen-bond acceptors (Lipinski definition) is 4. The molecule has 7 heteroatoms. The number of nitrogens with zero attached hydrogens (tertiary/aromatic N) is 4. The highest BCUT2D eigenvalue weighted by Crippen LogP contribution is 2.28. The van der Waals surface area contributed by atoms with Gasteiger partial charge in [0.25, 0.3) is 0 Å². The SMILES string of the molecule is Fc1cccc(-c2nn3c(-c4cccc(F)c4)nnc3s2)c1. The fourth-order valence-electron chi connectivity index (χ4n) is 2.16. The van der Waals surface area contributed by atoms with Gasteiger partial charge in [-0.25, -0.2) is 8.78 Å². The third-order valence-electron chi connectivity index (χ3n) is 3.15. The average molecular weight is 314 g/mol. The first-order chi connectivity index (χ1) is 10.7. The molecule has 0 saturated heterocycles. The predicted molar refractivity (Wildman–Crippen MR) is 79.4 cm³/mol. The lowest BCUT2D eigenvalue weighted by molar-refractivity contribution is 0.627. The van der Waals surface area contributed by atoms with Crippen LogP contribution in [0.1, 0.15) is 0 Å². The summed E-state index contributed by atoms with van der Waals surface area (Å²) in [6.07, 6.45) is 0. The van der Waals surface area contributed by atoms with Crippen LogP contribution in [0.25, 0.3) is 26.9 Å². The summed E-state index contributed by atoms with van der Waals surface area (Å²) in [7, 11) is 0. The normalized spacial score (nSPS) is 11.2. The molecule has 0 aliphatic heterocycles. The first-order valence-corrected chi connectivity index (χ1v) is 7.26. The Labute approximate surface area is 127 Å². The molecular weight excluding hydrogens is 306 g/mol. The lowest BCUT2D eigenvalue weighted by Gasteiger charge is -1.97. The van der Waals surface area contributed by atoms with Crippen molar-refractivity contribution in [1.29, 1.82) is 0 Å². The van der Waals surface area contributed by atoms with E-state index in [0.717, 1.165) is 0 Å². The molecule has 4 nitrogen and oxygen atoms in total. The highest BCUT2D eigenvalue weighted by molar-refractivity contribution is 7.19. The van der Waals surface area contributed by atoms with Crippen molar-refractivity contribution in [1.82, 2.24) is 19.8 Å². The second kappa shape index (κ2) is 4.96. The first-order valence-electron chi connectivity index (χ1n) is 6.45. The van der Waals surface area contributed by atoms with Crippen LogP contribution in [0.5, 0.6) is 0 Å². The van der Waals surface area contributed by atoms with Gasteiger partial charge in [-0.15, -0.1) is 10.2 Å². The lowest BCUT2D eigenvalue weighted by atomic mass is 10.2. The highest BCUT2D eigenvalue weighted by Gasteiger charge is 2.15. The molecule has 2 aromatic heterocycles. The van der Waals surface area contributed by atoms with Gasteiger partial charge in [-0.05, 0) is 24.3 Å². The van der Waals surface area contributed by atoms with E-state index in [2.05, 4.69) is 15.3 Å². The van der Waals surface area contributed by atoms with Gasteiger partial charge in [-0.3, -0.25) is 0 Å². The molecule has 0 radical (unpaired) electrons. The topological polar surface area (TPSA) is 43.1 Å². The quantitative estimate of drug-likeness (QED) is 0.565. The van der Waals surface area contributed by atoms with E-state index in [1.807, 2.05) is 0 Å². The van der Waals surface area contributed by atoms with Crippen molar-refractivity contribution in [3.63, 3.8) is 0 Å². The number of halogens is 2. The van der Waals surface area contributed by atoms with Gasteiger partial charge >= 0.3 is 0 Å². The van der Waals surface area contributed by atoms with Crippen LogP contribution in [0.4, 0.5) is 8.78 Å². The van der Waals surface area contributed by atoms with Gasteiger partial charge in [-0.1, -0.05) is 35.6 Å². The molecule has 0 saturated carbocycles. The molecule has 0 fully saturated rings. The zero-order valence-corrected chi connectivity index (χ0v) is 11.9. The molecule has 0 spiro atoms. The van der Waals surface area contributed by atoms with Gasteiger partial charge in [0.1, 0.15) is 16.6 Å². The van der Waals surface area contributed by atoms with Gasteiger partial charge < -0.3 is 0 Å². The highest BCUT2D eigenvalue weighted by atomic mass is 32.1. The summed E-state index contributed by atoms with van der Waals surface area (Å²) in [5.41, 5.74) is 1.25. The molecule has 2 heterocycles. The predicted octanol–water partition coefficient (Wildman–Crippen LogP) is 3.80. The second-order valence-corrected chi connectivity index (χ2v) is 5.60. The van der Waals surface area contributed by atoms with E-state index in [1.165, 1.54) is 35.6 Å². The van der Waals surface area contributed by atoms with Gasteiger partial charge in [0.15, 0.2) is 5.82 Å². The molecule has 2 aromatic carbocycles. The van der Waals surface area contributed by atoms with E-state index in [-0.39, 0.29) is 11.6 Å². The van der Waals surface area contributed by atoms with Crippen molar-refractivity contribution in [2.45, 2.75) is 0 Å². The van der Waals surface area contributed by atoms with Crippen LogP contribution >= 0.6 is 11.3 Å². The Kier molecular flexibility index (Phi) is 2.93. The van der Waals surface area contributed by atoms with Gasteiger partial charge in [0.05, 0.1) is 0 Å². The van der Waals surface area contributed by atoms with Crippen LogP contribution in [0.3, 0.4) is 0 Å². The Morgan fingerprint density at radius 2 is 1.55 bits per heavy atom. The molecule has 0 aliphatic carbocycles. The Morgan fingerprint density at radius 1 is 0.864 bits per heavy atom. The van der Waals surface area contributed by atoms with E-state index in [1.54, 1.807) is 28.8 Å². The molecule has 0 unspecified atom stereocenters. The molecule has 108 valence electrons. The van der Waals surface area contributed by atoms with Gasteiger partial charge in [0, 0.05) is 11.1 Å². The maximum absolute atomic E-state index is 13.4. The Balaban J connectivity index is 1.86. The number of aromatic nitrogens is 4. The third kappa shape index (κ3) is 2.15. The van der Waals surface area contributed by atoms with Crippen LogP contribution in [0, 0.1) is 11.6 Å². The van der Waals surface area contributed by atoms with E-state index < -0.39 is 0 Å². The molecule has 4 rings (SSSR count). The number of rotatable bonds is 2. The Bertz CT molecular complexity index is 977. The molecule has 0 atom stereocenters. The second-order valence-electron chi connectivity index (χ2n) is 4.65. The molecule has 4 aromatic rings. The standard InChI is InChI=1S/C15H8F2N4S/c16-11-5-1-3-9(7-11)13-18-19-15-21(13)20-14(22-15)10-4-2-6-12(17)8-10/h1-8H. The maximum Gasteiger partial charge on any atom is 0.235 e. The largest absolute Gasteiger partial charge is 0.235 e. The van der Waals surface area contributed by atoms with Crippen LogP contribution in [-0.2, 0) is 0 Å². The minimum atomic E-state index is -0.352. The maximum atomic E-state index is 13.4. The van der Waals surface area contributed by atoms with Crippen molar-refractivity contribution in [3.05, 3.63) is 60.2 Å². The molecule has 0 bridgehead atoms. The zero-order chi connectivity index (χ0) is 15.1. The average Bonchev–Trinajstić information content (AvgIpc) is 3.07. The van der Waals surface area contributed by atoms with E-state index >= 15 is 0 Å². The van der Waals surface area contributed by atoms with E-state index in [9.17, 15) is 8.78 Å². The van der Waals surface area contributed by atoms with Crippen LogP contribution < -0.4 is 0 Å². The molecular formula is C15H8F2N4S. The summed E-state index contributed by atoms with van der Waals surface area (Å²) in [6.45, 7) is 0. The fourth-order valence-corrected chi connectivity index (χ4v) is 3.00. The first kappa shape index (κ1) is 13.0. The molecule has 22 heavy (non-hydrogen) atoms. The van der Waals surface area contributed by atoms with Crippen molar-refractivity contribution in [2.24, 2.45) is 0 Å². The lowest BCUT2D eigenvalue weighted by Crippen LogP contribution is -1.91. The number of hydrogen-bond donors (Lipinski definition) is 0. The van der Waals surface area contributed by atoms with Crippen molar-refractivity contribution in [3.8, 4) is 22.0 Å². The van der Waals surface area contributed by atoms with Crippen LogP contribution in [0.15, 0.2) is 48.5 Å². The summed E-state index contributed by atoms with van der Waals surface area (Å²) in [4.78, 5) is 0.568. The number of fused-ring (bicyclic) bond motifs is 1. The number of benzene rings is 2. The smallest absolute Gasteiger partial charge is 0.207 e. The minimum Gasteiger partial charge on any atom is -0.207 e. The van der Waals surface area contributed by atoms with E-state index in [4.69, 9.17) is 0 Å². The van der Waals surface area contributed by atoms with Gasteiger partial charge in [-0.2, -0.15) is 9.61 Å². The Hall–Kier alpha value is -2.67.